The maximum Gasteiger partial charge on any atom is 0.0674 e. The lowest BCUT2D eigenvalue weighted by Crippen LogP contribution is -2.61. The summed E-state index contributed by atoms with van der Waals surface area (Å²) in [6.45, 7) is 8.02. The second-order valence-corrected chi connectivity index (χ2v) is 6.75. The molecule has 0 radical (unpaired) electrons. The van der Waals surface area contributed by atoms with Gasteiger partial charge in [0.05, 0.1) is 11.7 Å². The molecule has 2 aliphatic heterocycles. The van der Waals surface area contributed by atoms with Crippen molar-refractivity contribution in [3.8, 4) is 0 Å². The summed E-state index contributed by atoms with van der Waals surface area (Å²) in [6.07, 6.45) is 5.94. The molecule has 0 amide bonds. The second kappa shape index (κ2) is 6.42. The van der Waals surface area contributed by atoms with Crippen molar-refractivity contribution in [1.29, 1.82) is 0 Å². The first-order chi connectivity index (χ1) is 10.2. The summed E-state index contributed by atoms with van der Waals surface area (Å²) in [5.41, 5.74) is 7.45. The van der Waals surface area contributed by atoms with Gasteiger partial charge in [0, 0.05) is 37.4 Å². The number of hydrogen-bond acceptors (Lipinski definition) is 4. The predicted octanol–water partition coefficient (Wildman–Crippen LogP) is 2.03. The molecule has 3 heterocycles. The number of rotatable bonds is 3. The molecule has 2 aliphatic rings. The van der Waals surface area contributed by atoms with Gasteiger partial charge in [0.2, 0.25) is 0 Å². The average molecular weight is 288 g/mol. The Balaban J connectivity index is 1.82. The Labute approximate surface area is 128 Å². The van der Waals surface area contributed by atoms with Gasteiger partial charge in [0.15, 0.2) is 0 Å². The van der Waals surface area contributed by atoms with Crippen LogP contribution < -0.4 is 5.73 Å². The molecule has 4 heteroatoms. The molecule has 0 spiro atoms. The molecule has 2 N–H and O–H groups in total. The lowest BCUT2D eigenvalue weighted by atomic mass is 9.93. The van der Waals surface area contributed by atoms with Crippen LogP contribution in [0.25, 0.3) is 0 Å². The van der Waals surface area contributed by atoms with Gasteiger partial charge in [-0.1, -0.05) is 12.5 Å². The molecular formula is C17H28N4. The quantitative estimate of drug-likeness (QED) is 0.924. The highest BCUT2D eigenvalue weighted by atomic mass is 15.3. The summed E-state index contributed by atoms with van der Waals surface area (Å²) in [6, 6.07) is 7.73. The minimum absolute atomic E-state index is 0.0949. The predicted molar refractivity (Wildman–Crippen MR) is 86.0 cm³/mol. The zero-order valence-electron chi connectivity index (χ0n) is 13.3. The Morgan fingerprint density at radius 3 is 2.86 bits per heavy atom. The molecule has 2 fully saturated rings. The van der Waals surface area contributed by atoms with E-state index in [2.05, 4.69) is 40.8 Å². The minimum atomic E-state index is 0.0949. The van der Waals surface area contributed by atoms with Gasteiger partial charge in [0.1, 0.15) is 0 Å². The van der Waals surface area contributed by atoms with Gasteiger partial charge in [-0.05, 0) is 45.4 Å². The van der Waals surface area contributed by atoms with E-state index in [0.717, 1.165) is 12.2 Å². The highest BCUT2D eigenvalue weighted by Gasteiger charge is 2.38. The Morgan fingerprint density at radius 1 is 1.29 bits per heavy atom. The second-order valence-electron chi connectivity index (χ2n) is 6.75. The Morgan fingerprint density at radius 2 is 2.14 bits per heavy atom. The Kier molecular flexibility index (Phi) is 4.57. The maximum atomic E-state index is 6.33. The van der Waals surface area contributed by atoms with Gasteiger partial charge in [-0.25, -0.2) is 0 Å². The zero-order chi connectivity index (χ0) is 14.8. The van der Waals surface area contributed by atoms with Crippen molar-refractivity contribution < 1.29 is 0 Å². The number of nitrogens with two attached hydrogens (primary N) is 1. The zero-order valence-corrected chi connectivity index (χ0v) is 13.3. The van der Waals surface area contributed by atoms with E-state index in [9.17, 15) is 0 Å². The van der Waals surface area contributed by atoms with Gasteiger partial charge < -0.3 is 5.73 Å². The number of pyridine rings is 1. The fourth-order valence-corrected chi connectivity index (χ4v) is 4.05. The SMILES string of the molecule is CC(N)C(c1ccccn1)N1CC2CCCCN2CC1C. The number of nitrogens with zero attached hydrogens (tertiary/aromatic N) is 3. The van der Waals surface area contributed by atoms with Crippen LogP contribution in [0.3, 0.4) is 0 Å². The third kappa shape index (κ3) is 3.12. The number of aromatic nitrogens is 1. The summed E-state index contributed by atoms with van der Waals surface area (Å²) >= 11 is 0. The molecule has 116 valence electrons. The van der Waals surface area contributed by atoms with E-state index in [1.807, 2.05) is 12.3 Å². The van der Waals surface area contributed by atoms with Gasteiger partial charge in [0.25, 0.3) is 0 Å². The van der Waals surface area contributed by atoms with Gasteiger partial charge in [-0.2, -0.15) is 0 Å². The van der Waals surface area contributed by atoms with Crippen LogP contribution >= 0.6 is 0 Å². The maximum absolute atomic E-state index is 6.33. The van der Waals surface area contributed by atoms with Crippen molar-refractivity contribution in [1.82, 2.24) is 14.8 Å². The van der Waals surface area contributed by atoms with E-state index in [-0.39, 0.29) is 12.1 Å². The molecule has 4 atom stereocenters. The fourth-order valence-electron chi connectivity index (χ4n) is 4.05. The van der Waals surface area contributed by atoms with Gasteiger partial charge in [-0.3, -0.25) is 14.8 Å². The van der Waals surface area contributed by atoms with E-state index < -0.39 is 0 Å². The van der Waals surface area contributed by atoms with Crippen LogP contribution in [0, 0.1) is 0 Å². The topological polar surface area (TPSA) is 45.4 Å². The van der Waals surface area contributed by atoms with Crippen LogP contribution in [0.15, 0.2) is 24.4 Å². The first-order valence-electron chi connectivity index (χ1n) is 8.33. The molecule has 0 saturated carbocycles. The van der Waals surface area contributed by atoms with E-state index in [1.54, 1.807) is 0 Å². The number of hydrogen-bond donors (Lipinski definition) is 1. The molecule has 2 saturated heterocycles. The fraction of sp³-hybridized carbons (Fsp3) is 0.706. The highest BCUT2D eigenvalue weighted by molar-refractivity contribution is 5.12. The van der Waals surface area contributed by atoms with Crippen LogP contribution in [0.2, 0.25) is 0 Å². The van der Waals surface area contributed by atoms with Crippen LogP contribution in [-0.4, -0.2) is 52.5 Å². The van der Waals surface area contributed by atoms with Gasteiger partial charge >= 0.3 is 0 Å². The van der Waals surface area contributed by atoms with Gasteiger partial charge in [-0.15, -0.1) is 0 Å². The monoisotopic (exact) mass is 288 g/mol. The minimum Gasteiger partial charge on any atom is -0.326 e. The largest absolute Gasteiger partial charge is 0.326 e. The summed E-state index contributed by atoms with van der Waals surface area (Å²) in [5.74, 6) is 0. The molecule has 0 bridgehead atoms. The molecule has 0 aromatic carbocycles. The molecule has 1 aromatic heterocycles. The first kappa shape index (κ1) is 14.9. The normalized spacial score (nSPS) is 30.6. The molecule has 4 nitrogen and oxygen atoms in total. The summed E-state index contributed by atoms with van der Waals surface area (Å²) in [4.78, 5) is 9.86. The molecule has 4 unspecified atom stereocenters. The summed E-state index contributed by atoms with van der Waals surface area (Å²) in [5, 5.41) is 0. The summed E-state index contributed by atoms with van der Waals surface area (Å²) in [7, 11) is 0. The molecule has 0 aliphatic carbocycles. The third-order valence-electron chi connectivity index (χ3n) is 5.08. The van der Waals surface area contributed by atoms with Crippen molar-refractivity contribution >= 4 is 0 Å². The van der Waals surface area contributed by atoms with Crippen LogP contribution in [0.5, 0.6) is 0 Å². The van der Waals surface area contributed by atoms with E-state index in [4.69, 9.17) is 5.73 Å². The van der Waals surface area contributed by atoms with E-state index >= 15 is 0 Å². The number of piperidine rings is 1. The Bertz CT molecular complexity index is 447. The summed E-state index contributed by atoms with van der Waals surface area (Å²) < 4.78 is 0. The lowest BCUT2D eigenvalue weighted by Gasteiger charge is -2.50. The molecule has 1 aromatic rings. The smallest absolute Gasteiger partial charge is 0.0674 e. The van der Waals surface area contributed by atoms with Crippen molar-refractivity contribution in [3.05, 3.63) is 30.1 Å². The van der Waals surface area contributed by atoms with Crippen LogP contribution in [-0.2, 0) is 0 Å². The van der Waals surface area contributed by atoms with Crippen molar-refractivity contribution in [2.45, 2.75) is 57.3 Å². The number of fused-ring (bicyclic) bond motifs is 1. The lowest BCUT2D eigenvalue weighted by molar-refractivity contribution is -0.0141. The van der Waals surface area contributed by atoms with Crippen molar-refractivity contribution in [3.63, 3.8) is 0 Å². The third-order valence-corrected chi connectivity index (χ3v) is 5.08. The first-order valence-corrected chi connectivity index (χ1v) is 8.33. The van der Waals surface area contributed by atoms with E-state index in [0.29, 0.717) is 12.1 Å². The van der Waals surface area contributed by atoms with Crippen molar-refractivity contribution in [2.24, 2.45) is 5.73 Å². The average Bonchev–Trinajstić information content (AvgIpc) is 2.49. The molecule has 21 heavy (non-hydrogen) atoms. The highest BCUT2D eigenvalue weighted by Crippen LogP contribution is 2.31. The molecule has 3 rings (SSSR count). The standard InChI is InChI=1S/C17H28N4/c1-13-11-20-10-6-4-7-15(20)12-21(13)17(14(2)18)16-8-3-5-9-19-16/h3,5,8-9,13-15,17H,4,6-7,10-12,18H2,1-2H3. The Hall–Kier alpha value is -0.970. The van der Waals surface area contributed by atoms with Crippen LogP contribution in [0.1, 0.15) is 44.8 Å². The van der Waals surface area contributed by atoms with Crippen LogP contribution in [0.4, 0.5) is 0 Å². The van der Waals surface area contributed by atoms with Crippen molar-refractivity contribution in [2.75, 3.05) is 19.6 Å². The molecular weight excluding hydrogens is 260 g/mol. The number of piperazine rings is 1. The van der Waals surface area contributed by atoms with E-state index in [1.165, 1.54) is 32.4 Å².